The lowest BCUT2D eigenvalue weighted by atomic mass is 10.0. The summed E-state index contributed by atoms with van der Waals surface area (Å²) in [6.45, 7) is 4.01. The number of carbonyl (C=O) groups excluding carboxylic acids is 1. The predicted molar refractivity (Wildman–Crippen MR) is 62.4 cm³/mol. The van der Waals surface area contributed by atoms with E-state index in [1.807, 2.05) is 6.92 Å². The summed E-state index contributed by atoms with van der Waals surface area (Å²) in [7, 11) is 0. The average molecular weight is 240 g/mol. The van der Waals surface area contributed by atoms with E-state index in [1.165, 1.54) is 12.1 Å². The monoisotopic (exact) mass is 240 g/mol. The standard InChI is InChI=1S/C13H17FO3/c1-3-9-8-12(15)11(14)7-10(9)5-6-13(16)17-4-2/h7-8,15H,3-6H2,1-2H3. The Bertz CT molecular complexity index is 402. The molecule has 1 aromatic rings. The number of ether oxygens (including phenoxy) is 1. The fourth-order valence-corrected chi connectivity index (χ4v) is 1.68. The maximum absolute atomic E-state index is 13.2. The van der Waals surface area contributed by atoms with Crippen molar-refractivity contribution in [3.63, 3.8) is 0 Å². The fourth-order valence-electron chi connectivity index (χ4n) is 1.68. The van der Waals surface area contributed by atoms with Crippen LogP contribution in [0.1, 0.15) is 31.4 Å². The number of phenolic OH excluding ortho intramolecular Hbond substituents is 1. The first-order valence-electron chi connectivity index (χ1n) is 5.74. The van der Waals surface area contributed by atoms with Crippen molar-refractivity contribution in [3.8, 4) is 5.75 Å². The van der Waals surface area contributed by atoms with Crippen LogP contribution in [-0.2, 0) is 22.4 Å². The van der Waals surface area contributed by atoms with E-state index in [4.69, 9.17) is 4.74 Å². The van der Waals surface area contributed by atoms with Crippen LogP contribution in [0.15, 0.2) is 12.1 Å². The molecule has 3 nitrogen and oxygen atoms in total. The van der Waals surface area contributed by atoms with Crippen LogP contribution in [0.3, 0.4) is 0 Å². The van der Waals surface area contributed by atoms with E-state index in [9.17, 15) is 14.3 Å². The Balaban J connectivity index is 2.76. The summed E-state index contributed by atoms with van der Waals surface area (Å²) in [4.78, 5) is 11.2. The van der Waals surface area contributed by atoms with Crippen LogP contribution in [0.5, 0.6) is 5.75 Å². The zero-order chi connectivity index (χ0) is 12.8. The second-order valence-electron chi connectivity index (χ2n) is 3.73. The molecular formula is C13H17FO3. The highest BCUT2D eigenvalue weighted by molar-refractivity contribution is 5.69. The molecule has 0 amide bonds. The SMILES string of the molecule is CCOC(=O)CCc1cc(F)c(O)cc1CC. The van der Waals surface area contributed by atoms with Crippen LogP contribution in [0.4, 0.5) is 4.39 Å². The van der Waals surface area contributed by atoms with Crippen molar-refractivity contribution in [3.05, 3.63) is 29.1 Å². The summed E-state index contributed by atoms with van der Waals surface area (Å²) in [6.07, 6.45) is 1.34. The molecule has 0 aliphatic carbocycles. The molecule has 0 bridgehead atoms. The van der Waals surface area contributed by atoms with Crippen molar-refractivity contribution in [2.24, 2.45) is 0 Å². The molecule has 0 aromatic heterocycles. The van der Waals surface area contributed by atoms with Crippen LogP contribution in [-0.4, -0.2) is 17.7 Å². The van der Waals surface area contributed by atoms with Gasteiger partial charge in [-0.2, -0.15) is 0 Å². The van der Waals surface area contributed by atoms with Gasteiger partial charge < -0.3 is 9.84 Å². The second kappa shape index (κ2) is 6.23. The summed E-state index contributed by atoms with van der Waals surface area (Å²) in [5.41, 5.74) is 1.60. The van der Waals surface area contributed by atoms with Gasteiger partial charge in [0.1, 0.15) is 0 Å². The lowest BCUT2D eigenvalue weighted by Crippen LogP contribution is -2.06. The van der Waals surface area contributed by atoms with Gasteiger partial charge in [0.15, 0.2) is 11.6 Å². The van der Waals surface area contributed by atoms with Gasteiger partial charge in [0.25, 0.3) is 0 Å². The Kier molecular flexibility index (Phi) is 4.94. The smallest absolute Gasteiger partial charge is 0.306 e. The third kappa shape index (κ3) is 3.73. The van der Waals surface area contributed by atoms with E-state index in [1.54, 1.807) is 6.92 Å². The first-order valence-corrected chi connectivity index (χ1v) is 5.74. The third-order valence-corrected chi connectivity index (χ3v) is 2.55. The number of carbonyl (C=O) groups is 1. The fraction of sp³-hybridized carbons (Fsp3) is 0.462. The quantitative estimate of drug-likeness (QED) is 0.805. The van der Waals surface area contributed by atoms with Crippen molar-refractivity contribution in [1.29, 1.82) is 0 Å². The Morgan fingerprint density at radius 2 is 2.06 bits per heavy atom. The van der Waals surface area contributed by atoms with E-state index in [2.05, 4.69) is 0 Å². The van der Waals surface area contributed by atoms with Crippen LogP contribution in [0, 0.1) is 5.82 Å². The van der Waals surface area contributed by atoms with Gasteiger partial charge in [0, 0.05) is 6.42 Å². The molecular weight excluding hydrogens is 223 g/mol. The molecule has 4 heteroatoms. The third-order valence-electron chi connectivity index (χ3n) is 2.55. The molecule has 1 rings (SSSR count). The molecule has 0 spiro atoms. The van der Waals surface area contributed by atoms with Crippen molar-refractivity contribution in [2.45, 2.75) is 33.1 Å². The first-order chi connectivity index (χ1) is 8.08. The van der Waals surface area contributed by atoms with Crippen molar-refractivity contribution in [2.75, 3.05) is 6.61 Å². The normalized spacial score (nSPS) is 10.3. The lowest BCUT2D eigenvalue weighted by Gasteiger charge is -2.09. The first kappa shape index (κ1) is 13.5. The Labute approximate surface area is 100 Å². The van der Waals surface area contributed by atoms with Crippen LogP contribution >= 0.6 is 0 Å². The Hall–Kier alpha value is -1.58. The minimum atomic E-state index is -0.652. The van der Waals surface area contributed by atoms with Gasteiger partial charge >= 0.3 is 5.97 Å². The van der Waals surface area contributed by atoms with E-state index in [-0.39, 0.29) is 18.1 Å². The molecule has 0 aliphatic rings. The number of aromatic hydroxyl groups is 1. The molecule has 0 unspecified atom stereocenters. The molecule has 1 aromatic carbocycles. The van der Waals surface area contributed by atoms with Gasteiger partial charge in [-0.15, -0.1) is 0 Å². The summed E-state index contributed by atoms with van der Waals surface area (Å²) in [5, 5.41) is 9.25. The zero-order valence-corrected chi connectivity index (χ0v) is 10.1. The number of rotatable bonds is 5. The van der Waals surface area contributed by atoms with E-state index in [0.29, 0.717) is 19.4 Å². The molecule has 0 fully saturated rings. The largest absolute Gasteiger partial charge is 0.505 e. The maximum atomic E-state index is 13.2. The lowest BCUT2D eigenvalue weighted by molar-refractivity contribution is -0.143. The van der Waals surface area contributed by atoms with Gasteiger partial charge in [0.05, 0.1) is 6.61 Å². The van der Waals surface area contributed by atoms with Gasteiger partial charge in [-0.25, -0.2) is 4.39 Å². The number of esters is 1. The highest BCUT2D eigenvalue weighted by Crippen LogP contribution is 2.22. The number of phenols is 1. The van der Waals surface area contributed by atoms with Crippen molar-refractivity contribution >= 4 is 5.97 Å². The number of hydrogen-bond donors (Lipinski definition) is 1. The van der Waals surface area contributed by atoms with Crippen molar-refractivity contribution < 1.29 is 19.0 Å². The molecule has 0 saturated heterocycles. The van der Waals surface area contributed by atoms with E-state index in [0.717, 1.165) is 11.1 Å². The maximum Gasteiger partial charge on any atom is 0.306 e. The minimum absolute atomic E-state index is 0.227. The molecule has 17 heavy (non-hydrogen) atoms. The Morgan fingerprint density at radius 3 is 2.65 bits per heavy atom. The molecule has 0 saturated carbocycles. The average Bonchev–Trinajstić information content (AvgIpc) is 2.30. The van der Waals surface area contributed by atoms with Gasteiger partial charge in [-0.1, -0.05) is 6.92 Å². The molecule has 0 heterocycles. The van der Waals surface area contributed by atoms with Crippen LogP contribution < -0.4 is 0 Å². The minimum Gasteiger partial charge on any atom is -0.505 e. The molecule has 1 N–H and O–H groups in total. The summed E-state index contributed by atoms with van der Waals surface area (Å²) < 4.78 is 18.0. The summed E-state index contributed by atoms with van der Waals surface area (Å²) in [6, 6.07) is 2.70. The Morgan fingerprint density at radius 1 is 1.35 bits per heavy atom. The van der Waals surface area contributed by atoms with Crippen LogP contribution in [0.25, 0.3) is 0 Å². The summed E-state index contributed by atoms with van der Waals surface area (Å²) >= 11 is 0. The highest BCUT2D eigenvalue weighted by atomic mass is 19.1. The van der Waals surface area contributed by atoms with Gasteiger partial charge in [-0.05, 0) is 43.0 Å². The number of benzene rings is 1. The van der Waals surface area contributed by atoms with Gasteiger partial charge in [0.2, 0.25) is 0 Å². The second-order valence-corrected chi connectivity index (χ2v) is 3.73. The molecule has 0 aliphatic heterocycles. The zero-order valence-electron chi connectivity index (χ0n) is 10.1. The topological polar surface area (TPSA) is 46.5 Å². The van der Waals surface area contributed by atoms with Gasteiger partial charge in [-0.3, -0.25) is 4.79 Å². The molecule has 0 atom stereocenters. The van der Waals surface area contributed by atoms with E-state index < -0.39 is 5.82 Å². The van der Waals surface area contributed by atoms with Crippen molar-refractivity contribution in [1.82, 2.24) is 0 Å². The number of hydrogen-bond acceptors (Lipinski definition) is 3. The summed E-state index contributed by atoms with van der Waals surface area (Å²) in [5.74, 6) is -1.29. The predicted octanol–water partition coefficient (Wildman–Crippen LogP) is 2.59. The molecule has 94 valence electrons. The number of halogens is 1. The van der Waals surface area contributed by atoms with E-state index >= 15 is 0 Å². The number of aryl methyl sites for hydroxylation is 2. The van der Waals surface area contributed by atoms with Crippen LogP contribution in [0.2, 0.25) is 0 Å². The molecule has 0 radical (unpaired) electrons. The highest BCUT2D eigenvalue weighted by Gasteiger charge is 2.10.